The van der Waals surface area contributed by atoms with Gasteiger partial charge in [-0.15, -0.1) is 0 Å². The summed E-state index contributed by atoms with van der Waals surface area (Å²) in [7, 11) is 0. The number of nitrogens with zero attached hydrogens (tertiary/aromatic N) is 1. The van der Waals surface area contributed by atoms with Gasteiger partial charge in [0.2, 0.25) is 17.7 Å². The van der Waals surface area contributed by atoms with Crippen molar-refractivity contribution in [1.29, 1.82) is 0 Å². The van der Waals surface area contributed by atoms with Crippen LogP contribution in [0.15, 0.2) is 36.4 Å². The van der Waals surface area contributed by atoms with Crippen LogP contribution in [0.2, 0.25) is 0 Å². The molecular formula is C27H35N3O5. The van der Waals surface area contributed by atoms with E-state index in [9.17, 15) is 14.4 Å². The zero-order valence-corrected chi connectivity index (χ0v) is 20.5. The molecule has 188 valence electrons. The summed E-state index contributed by atoms with van der Waals surface area (Å²) in [6.45, 7) is 4.92. The minimum atomic E-state index is -1.10. The average molecular weight is 482 g/mol. The lowest BCUT2D eigenvalue weighted by atomic mass is 9.74. The van der Waals surface area contributed by atoms with E-state index in [-0.39, 0.29) is 23.8 Å². The van der Waals surface area contributed by atoms with E-state index >= 15 is 0 Å². The predicted octanol–water partition coefficient (Wildman–Crippen LogP) is 3.03. The average Bonchev–Trinajstić information content (AvgIpc) is 3.49. The molecule has 4 aliphatic rings. The summed E-state index contributed by atoms with van der Waals surface area (Å²) in [4.78, 5) is 42.4. The Morgan fingerprint density at radius 2 is 1.86 bits per heavy atom. The van der Waals surface area contributed by atoms with Gasteiger partial charge in [-0.2, -0.15) is 0 Å². The number of carbonyl (C=O) groups is 3. The maximum atomic E-state index is 13.7. The molecule has 2 N–H and O–H groups in total. The number of likely N-dealkylation sites (tertiary alicyclic amines) is 1. The fourth-order valence-corrected chi connectivity index (χ4v) is 6.30. The summed E-state index contributed by atoms with van der Waals surface area (Å²) < 4.78 is 11.8. The maximum absolute atomic E-state index is 13.7. The third-order valence-electron chi connectivity index (χ3n) is 7.77. The second-order valence-electron chi connectivity index (χ2n) is 10.0. The molecule has 5 rings (SSSR count). The van der Waals surface area contributed by atoms with Gasteiger partial charge in [0.1, 0.15) is 17.4 Å². The molecule has 1 spiro atoms. The van der Waals surface area contributed by atoms with Crippen molar-refractivity contribution in [3.8, 4) is 5.75 Å². The smallest absolute Gasteiger partial charge is 0.246 e. The summed E-state index contributed by atoms with van der Waals surface area (Å²) in [5, 5.41) is 6.15. The van der Waals surface area contributed by atoms with Gasteiger partial charge in [0.25, 0.3) is 0 Å². The summed E-state index contributed by atoms with van der Waals surface area (Å²) >= 11 is 0. The van der Waals surface area contributed by atoms with Crippen molar-refractivity contribution < 1.29 is 23.9 Å². The van der Waals surface area contributed by atoms with Crippen LogP contribution in [-0.4, -0.2) is 59.6 Å². The quantitative estimate of drug-likeness (QED) is 0.557. The molecule has 3 fully saturated rings. The Morgan fingerprint density at radius 3 is 2.54 bits per heavy atom. The zero-order chi connectivity index (χ0) is 24.6. The monoisotopic (exact) mass is 481 g/mol. The van der Waals surface area contributed by atoms with Crippen LogP contribution >= 0.6 is 0 Å². The summed E-state index contributed by atoms with van der Waals surface area (Å²) in [5.41, 5.74) is -0.474. The third kappa shape index (κ3) is 4.11. The lowest BCUT2D eigenvalue weighted by Crippen LogP contribution is -2.56. The van der Waals surface area contributed by atoms with Gasteiger partial charge >= 0.3 is 0 Å². The Bertz CT molecular complexity index is 1000. The van der Waals surface area contributed by atoms with E-state index in [0.29, 0.717) is 18.8 Å². The van der Waals surface area contributed by atoms with Crippen LogP contribution in [0.3, 0.4) is 0 Å². The van der Waals surface area contributed by atoms with Crippen molar-refractivity contribution in [3.05, 3.63) is 36.4 Å². The molecule has 2 bridgehead atoms. The Balaban J connectivity index is 1.38. The second kappa shape index (κ2) is 9.64. The van der Waals surface area contributed by atoms with Gasteiger partial charge in [0, 0.05) is 18.3 Å². The van der Waals surface area contributed by atoms with E-state index < -0.39 is 29.6 Å². The highest BCUT2D eigenvalue weighted by Crippen LogP contribution is 2.55. The molecule has 0 unspecified atom stereocenters. The van der Waals surface area contributed by atoms with Crippen molar-refractivity contribution in [2.75, 3.05) is 18.5 Å². The van der Waals surface area contributed by atoms with Crippen molar-refractivity contribution in [1.82, 2.24) is 10.2 Å². The second-order valence-corrected chi connectivity index (χ2v) is 10.0. The topological polar surface area (TPSA) is 97.0 Å². The van der Waals surface area contributed by atoms with Crippen LogP contribution in [0.25, 0.3) is 0 Å². The van der Waals surface area contributed by atoms with Gasteiger partial charge in [-0.05, 0) is 50.5 Å². The molecular weight excluding hydrogens is 446 g/mol. The van der Waals surface area contributed by atoms with E-state index in [2.05, 4.69) is 10.6 Å². The van der Waals surface area contributed by atoms with Crippen LogP contribution in [0.4, 0.5) is 5.69 Å². The lowest BCUT2D eigenvalue weighted by Gasteiger charge is -2.34. The number of amides is 3. The predicted molar refractivity (Wildman–Crippen MR) is 131 cm³/mol. The highest BCUT2D eigenvalue weighted by atomic mass is 16.5. The van der Waals surface area contributed by atoms with Crippen LogP contribution in [0.5, 0.6) is 5.75 Å². The molecule has 2 saturated heterocycles. The number of fused-ring (bicyclic) bond motifs is 1. The number of rotatable bonds is 8. The van der Waals surface area contributed by atoms with Crippen molar-refractivity contribution in [2.45, 2.75) is 76.2 Å². The summed E-state index contributed by atoms with van der Waals surface area (Å²) in [6, 6.07) is 6.53. The van der Waals surface area contributed by atoms with Crippen LogP contribution in [-0.2, 0) is 19.1 Å². The Labute approximate surface area is 206 Å². The van der Waals surface area contributed by atoms with Gasteiger partial charge in [-0.3, -0.25) is 14.4 Å². The van der Waals surface area contributed by atoms with Gasteiger partial charge in [0.05, 0.1) is 24.5 Å². The maximum Gasteiger partial charge on any atom is 0.246 e. The first-order chi connectivity index (χ1) is 17.0. The van der Waals surface area contributed by atoms with Crippen LogP contribution < -0.4 is 15.4 Å². The standard InChI is InChI=1S/C27H35N3O5/c1-3-16-30-23(25(32)29-17-8-6-5-7-9-17)27-15-14-20(35-27)21(22(27)26(30)33)24(31)28-18-10-12-19(13-11-18)34-4-2/h10-15,17,20-23H,3-9,16H2,1-2H3,(H,28,31)(H,29,32)/t20-,21-,22-,23+,27-/m0/s1. The Kier molecular flexibility index (Phi) is 6.57. The van der Waals surface area contributed by atoms with Crippen molar-refractivity contribution in [2.24, 2.45) is 11.8 Å². The Hall–Kier alpha value is -2.87. The minimum absolute atomic E-state index is 0.131. The first-order valence-electron chi connectivity index (χ1n) is 13.0. The van der Waals surface area contributed by atoms with Crippen LogP contribution in [0, 0.1) is 11.8 Å². The van der Waals surface area contributed by atoms with E-state index in [0.717, 1.165) is 37.9 Å². The SMILES string of the molecule is CCCN1C(=O)[C@@H]2[C@@H](C(=O)Nc3ccc(OCC)cc3)[C@@H]3C=C[C@@]2(O3)[C@H]1C(=O)NC1CCCCC1. The molecule has 0 radical (unpaired) electrons. The molecule has 1 aromatic carbocycles. The largest absolute Gasteiger partial charge is 0.494 e. The summed E-state index contributed by atoms with van der Waals surface area (Å²) in [5.74, 6) is -1.29. The molecule has 1 aromatic rings. The molecule has 5 atom stereocenters. The van der Waals surface area contributed by atoms with Gasteiger partial charge in [-0.1, -0.05) is 38.3 Å². The van der Waals surface area contributed by atoms with E-state index in [1.165, 1.54) is 6.42 Å². The van der Waals surface area contributed by atoms with Crippen molar-refractivity contribution >= 4 is 23.4 Å². The minimum Gasteiger partial charge on any atom is -0.494 e. The molecule has 3 amide bonds. The molecule has 35 heavy (non-hydrogen) atoms. The number of hydrogen-bond donors (Lipinski definition) is 2. The Morgan fingerprint density at radius 1 is 1.11 bits per heavy atom. The van der Waals surface area contributed by atoms with Gasteiger partial charge < -0.3 is 25.0 Å². The highest BCUT2D eigenvalue weighted by Gasteiger charge is 2.72. The number of ether oxygens (including phenoxy) is 2. The van der Waals surface area contributed by atoms with Crippen LogP contribution in [0.1, 0.15) is 52.4 Å². The van der Waals surface area contributed by atoms with E-state index in [4.69, 9.17) is 9.47 Å². The molecule has 1 aliphatic carbocycles. The van der Waals surface area contributed by atoms with E-state index in [1.54, 1.807) is 29.2 Å². The van der Waals surface area contributed by atoms with Gasteiger partial charge in [-0.25, -0.2) is 0 Å². The number of benzene rings is 1. The molecule has 3 heterocycles. The molecule has 0 aromatic heterocycles. The highest BCUT2D eigenvalue weighted by molar-refractivity contribution is 6.02. The fourth-order valence-electron chi connectivity index (χ4n) is 6.30. The first-order valence-corrected chi connectivity index (χ1v) is 13.0. The lowest BCUT2D eigenvalue weighted by molar-refractivity contribution is -0.141. The number of carbonyl (C=O) groups excluding carboxylic acids is 3. The fraction of sp³-hybridized carbons (Fsp3) is 0.593. The molecule has 3 aliphatic heterocycles. The van der Waals surface area contributed by atoms with Crippen molar-refractivity contribution in [3.63, 3.8) is 0 Å². The molecule has 8 heteroatoms. The number of hydrogen-bond acceptors (Lipinski definition) is 5. The molecule has 1 saturated carbocycles. The number of anilines is 1. The summed E-state index contributed by atoms with van der Waals surface area (Å²) in [6.07, 6.45) is 9.23. The third-order valence-corrected chi connectivity index (χ3v) is 7.77. The number of nitrogens with one attached hydrogen (secondary N) is 2. The molecule has 8 nitrogen and oxygen atoms in total. The zero-order valence-electron chi connectivity index (χ0n) is 20.5. The van der Waals surface area contributed by atoms with Gasteiger partial charge in [0.15, 0.2) is 0 Å². The van der Waals surface area contributed by atoms with E-state index in [1.807, 2.05) is 26.0 Å². The first kappa shape index (κ1) is 23.9. The normalized spacial score (nSPS) is 31.5.